The molecule has 1 aliphatic carbocycles. The minimum atomic E-state index is -0.217. The van der Waals surface area contributed by atoms with E-state index in [4.69, 9.17) is 11.6 Å². The molecule has 30 heavy (non-hydrogen) atoms. The number of carbonyl (C=O) groups excluding carboxylic acids is 2. The number of hydrogen-bond acceptors (Lipinski definition) is 4. The number of nitrogens with one attached hydrogen (secondary N) is 2. The Labute approximate surface area is 179 Å². The van der Waals surface area contributed by atoms with Gasteiger partial charge in [0.05, 0.1) is 11.4 Å². The molecule has 0 radical (unpaired) electrons. The summed E-state index contributed by atoms with van der Waals surface area (Å²) in [5, 5.41) is 14.7. The van der Waals surface area contributed by atoms with Crippen LogP contribution in [0.5, 0.6) is 0 Å². The first kappa shape index (κ1) is 20.1. The number of carbonyl (C=O) groups is 2. The Morgan fingerprint density at radius 1 is 1.07 bits per heavy atom. The van der Waals surface area contributed by atoms with Crippen molar-refractivity contribution in [2.75, 3.05) is 5.32 Å². The van der Waals surface area contributed by atoms with Crippen molar-refractivity contribution in [2.24, 2.45) is 0 Å². The van der Waals surface area contributed by atoms with Crippen LogP contribution in [0.25, 0.3) is 5.69 Å². The highest BCUT2D eigenvalue weighted by Crippen LogP contribution is 2.21. The van der Waals surface area contributed by atoms with E-state index in [1.807, 2.05) is 12.1 Å². The van der Waals surface area contributed by atoms with E-state index in [2.05, 4.69) is 27.9 Å². The van der Waals surface area contributed by atoms with Crippen LogP contribution in [-0.4, -0.2) is 32.9 Å². The molecule has 2 aromatic carbocycles. The molecule has 154 valence electrons. The molecule has 0 aliphatic heterocycles. The van der Waals surface area contributed by atoms with Gasteiger partial charge in [-0.1, -0.05) is 30.2 Å². The molecule has 1 fully saturated rings. The van der Waals surface area contributed by atoms with Crippen molar-refractivity contribution < 1.29 is 9.59 Å². The van der Waals surface area contributed by atoms with Crippen molar-refractivity contribution in [3.63, 3.8) is 0 Å². The summed E-state index contributed by atoms with van der Waals surface area (Å²) in [4.78, 5) is 24.8. The third-order valence-corrected chi connectivity index (χ3v) is 5.11. The fraction of sp³-hybridized carbons (Fsp3) is 0.273. The monoisotopic (exact) mass is 423 g/mol. The maximum atomic E-state index is 12.5. The van der Waals surface area contributed by atoms with Gasteiger partial charge in [-0.25, -0.2) is 4.68 Å². The van der Waals surface area contributed by atoms with Gasteiger partial charge in [0.15, 0.2) is 5.69 Å². The zero-order valence-corrected chi connectivity index (χ0v) is 17.3. The zero-order valence-electron chi connectivity index (χ0n) is 16.6. The fourth-order valence-corrected chi connectivity index (χ4v) is 3.24. The van der Waals surface area contributed by atoms with Gasteiger partial charge in [-0.3, -0.25) is 9.59 Å². The molecule has 1 saturated carbocycles. The number of halogens is 1. The van der Waals surface area contributed by atoms with E-state index in [0.29, 0.717) is 28.4 Å². The maximum absolute atomic E-state index is 12.5. The normalized spacial score (nSPS) is 13.1. The van der Waals surface area contributed by atoms with E-state index >= 15 is 0 Å². The lowest BCUT2D eigenvalue weighted by Crippen LogP contribution is -2.27. The second kappa shape index (κ2) is 8.67. The largest absolute Gasteiger partial charge is 0.348 e. The second-order valence-corrected chi connectivity index (χ2v) is 7.74. The summed E-state index contributed by atoms with van der Waals surface area (Å²) in [6.07, 6.45) is 3.60. The van der Waals surface area contributed by atoms with Crippen molar-refractivity contribution in [1.82, 2.24) is 20.3 Å². The highest BCUT2D eigenvalue weighted by atomic mass is 35.5. The van der Waals surface area contributed by atoms with Gasteiger partial charge in [0.25, 0.3) is 11.8 Å². The smallest absolute Gasteiger partial charge is 0.273 e. The minimum Gasteiger partial charge on any atom is -0.348 e. The van der Waals surface area contributed by atoms with Crippen LogP contribution in [0.2, 0.25) is 5.02 Å². The molecule has 4 rings (SSSR count). The van der Waals surface area contributed by atoms with Gasteiger partial charge in [-0.2, -0.15) is 0 Å². The second-order valence-electron chi connectivity index (χ2n) is 7.30. The van der Waals surface area contributed by atoms with Gasteiger partial charge in [-0.05, 0) is 67.8 Å². The average molecular weight is 424 g/mol. The van der Waals surface area contributed by atoms with Crippen LogP contribution in [0.4, 0.5) is 5.69 Å². The first-order valence-electron chi connectivity index (χ1n) is 9.98. The van der Waals surface area contributed by atoms with E-state index < -0.39 is 0 Å². The molecule has 0 atom stereocenters. The van der Waals surface area contributed by atoms with Crippen molar-refractivity contribution in [3.8, 4) is 5.69 Å². The Morgan fingerprint density at radius 2 is 1.77 bits per heavy atom. The SMILES string of the molecule is CCCc1c(C(=O)NC2CC2)nnn1-c1ccc(NC(=O)c2ccc(Cl)cc2)cc1. The summed E-state index contributed by atoms with van der Waals surface area (Å²) in [6, 6.07) is 14.2. The number of benzene rings is 2. The number of amides is 2. The lowest BCUT2D eigenvalue weighted by molar-refractivity contribution is 0.0944. The molecule has 1 aromatic heterocycles. The van der Waals surface area contributed by atoms with E-state index in [0.717, 1.165) is 30.6 Å². The Balaban J connectivity index is 1.51. The summed E-state index contributed by atoms with van der Waals surface area (Å²) in [6.45, 7) is 2.05. The third kappa shape index (κ3) is 4.52. The van der Waals surface area contributed by atoms with Crippen LogP contribution in [0, 0.1) is 0 Å². The summed E-state index contributed by atoms with van der Waals surface area (Å²) in [7, 11) is 0. The standard InChI is InChI=1S/C22H22ClN5O2/c1-2-3-19-20(22(30)25-16-8-9-16)26-27-28(19)18-12-10-17(11-13-18)24-21(29)14-4-6-15(23)7-5-14/h4-7,10-13,16H,2-3,8-9H2,1H3,(H,24,29)(H,25,30). The van der Waals surface area contributed by atoms with Gasteiger partial charge in [0.2, 0.25) is 0 Å². The van der Waals surface area contributed by atoms with Crippen LogP contribution >= 0.6 is 11.6 Å². The van der Waals surface area contributed by atoms with Crippen LogP contribution in [0.1, 0.15) is 52.7 Å². The minimum absolute atomic E-state index is 0.168. The summed E-state index contributed by atoms with van der Waals surface area (Å²) >= 11 is 5.87. The van der Waals surface area contributed by atoms with Crippen molar-refractivity contribution in [2.45, 2.75) is 38.6 Å². The van der Waals surface area contributed by atoms with E-state index in [9.17, 15) is 9.59 Å². The molecule has 0 bridgehead atoms. The van der Waals surface area contributed by atoms with Crippen molar-refractivity contribution >= 4 is 29.1 Å². The highest BCUT2D eigenvalue weighted by Gasteiger charge is 2.27. The fourth-order valence-electron chi connectivity index (χ4n) is 3.12. The summed E-state index contributed by atoms with van der Waals surface area (Å²) in [5.41, 5.74) is 3.12. The number of aromatic nitrogens is 3. The third-order valence-electron chi connectivity index (χ3n) is 4.85. The number of anilines is 1. The molecule has 2 amide bonds. The number of nitrogens with zero attached hydrogens (tertiary/aromatic N) is 3. The molecule has 1 aliphatic rings. The Kier molecular flexibility index (Phi) is 5.81. The molecular formula is C22H22ClN5O2. The average Bonchev–Trinajstić information content (AvgIpc) is 3.46. The highest BCUT2D eigenvalue weighted by molar-refractivity contribution is 6.30. The Morgan fingerprint density at radius 3 is 2.40 bits per heavy atom. The molecule has 0 unspecified atom stereocenters. The van der Waals surface area contributed by atoms with Crippen LogP contribution < -0.4 is 10.6 Å². The zero-order chi connectivity index (χ0) is 21.1. The molecule has 7 nitrogen and oxygen atoms in total. The van der Waals surface area contributed by atoms with E-state index in [-0.39, 0.29) is 17.9 Å². The predicted molar refractivity (Wildman–Crippen MR) is 115 cm³/mol. The molecule has 3 aromatic rings. The van der Waals surface area contributed by atoms with E-state index in [1.165, 1.54) is 0 Å². The topological polar surface area (TPSA) is 88.9 Å². The molecule has 2 N–H and O–H groups in total. The van der Waals surface area contributed by atoms with Gasteiger partial charge in [-0.15, -0.1) is 5.10 Å². The van der Waals surface area contributed by atoms with Crippen LogP contribution in [-0.2, 0) is 6.42 Å². The van der Waals surface area contributed by atoms with Gasteiger partial charge in [0.1, 0.15) is 0 Å². The predicted octanol–water partition coefficient (Wildman–Crippen LogP) is 4.02. The summed E-state index contributed by atoms with van der Waals surface area (Å²) in [5.74, 6) is -0.384. The van der Waals surface area contributed by atoms with Gasteiger partial charge < -0.3 is 10.6 Å². The Hall–Kier alpha value is -3.19. The lowest BCUT2D eigenvalue weighted by Gasteiger charge is -2.09. The molecular weight excluding hydrogens is 402 g/mol. The van der Waals surface area contributed by atoms with Crippen molar-refractivity contribution in [3.05, 3.63) is 70.5 Å². The molecule has 0 saturated heterocycles. The van der Waals surface area contributed by atoms with Crippen LogP contribution in [0.3, 0.4) is 0 Å². The quantitative estimate of drug-likeness (QED) is 0.600. The first-order chi connectivity index (χ1) is 14.5. The lowest BCUT2D eigenvalue weighted by atomic mass is 10.2. The number of hydrogen-bond donors (Lipinski definition) is 2. The summed E-state index contributed by atoms with van der Waals surface area (Å²) < 4.78 is 1.69. The Bertz CT molecular complexity index is 1060. The van der Waals surface area contributed by atoms with Crippen LogP contribution in [0.15, 0.2) is 48.5 Å². The molecule has 1 heterocycles. The molecule has 0 spiro atoms. The van der Waals surface area contributed by atoms with E-state index in [1.54, 1.807) is 41.1 Å². The van der Waals surface area contributed by atoms with Crippen molar-refractivity contribution in [1.29, 1.82) is 0 Å². The maximum Gasteiger partial charge on any atom is 0.273 e. The number of rotatable bonds is 7. The first-order valence-corrected chi connectivity index (χ1v) is 10.4. The van der Waals surface area contributed by atoms with Gasteiger partial charge in [0, 0.05) is 22.3 Å². The molecule has 8 heteroatoms. The van der Waals surface area contributed by atoms with Gasteiger partial charge >= 0.3 is 0 Å².